The Morgan fingerprint density at radius 3 is 2.44 bits per heavy atom. The number of rotatable bonds is 3. The van der Waals surface area contributed by atoms with Crippen LogP contribution in [0.5, 0.6) is 0 Å². The van der Waals surface area contributed by atoms with Gasteiger partial charge in [-0.1, -0.05) is 48.5 Å². The molecule has 0 aliphatic heterocycles. The van der Waals surface area contributed by atoms with Crippen molar-refractivity contribution >= 4 is 16.9 Å². The Morgan fingerprint density at radius 1 is 0.944 bits per heavy atom. The maximum absolute atomic E-state index is 5.88. The fraction of sp³-hybridized carbons (Fsp3) is 0.125. The van der Waals surface area contributed by atoms with Crippen LogP contribution < -0.4 is 5.32 Å². The van der Waals surface area contributed by atoms with Crippen molar-refractivity contribution in [1.29, 1.82) is 0 Å². The third kappa shape index (κ3) is 1.76. The van der Waals surface area contributed by atoms with E-state index in [-0.39, 0.29) is 0 Å². The number of nitrogens with one attached hydrogen (secondary N) is 1. The lowest BCUT2D eigenvalue weighted by Gasteiger charge is -2.03. The van der Waals surface area contributed by atoms with Crippen molar-refractivity contribution in [3.63, 3.8) is 0 Å². The standard InChI is InChI=1S/C16H15NO/c1-2-17-16-15(12-8-4-3-5-9-12)13-10-6-7-11-14(13)18-16/h3-11,17H,2H2,1H3. The van der Waals surface area contributed by atoms with Gasteiger partial charge >= 0.3 is 0 Å². The first-order chi connectivity index (χ1) is 8.90. The Bertz CT molecular complexity index is 655. The summed E-state index contributed by atoms with van der Waals surface area (Å²) in [5.41, 5.74) is 3.25. The van der Waals surface area contributed by atoms with Crippen LogP contribution in [-0.4, -0.2) is 6.54 Å². The van der Waals surface area contributed by atoms with E-state index >= 15 is 0 Å². The molecule has 0 unspecified atom stereocenters. The molecular weight excluding hydrogens is 222 g/mol. The van der Waals surface area contributed by atoms with Gasteiger partial charge in [-0.05, 0) is 18.6 Å². The predicted octanol–water partition coefficient (Wildman–Crippen LogP) is 4.53. The van der Waals surface area contributed by atoms with Gasteiger partial charge in [-0.25, -0.2) is 0 Å². The van der Waals surface area contributed by atoms with Crippen molar-refractivity contribution < 1.29 is 4.42 Å². The SMILES string of the molecule is CCNc1oc2ccccc2c1-c1ccccc1. The number of hydrogen-bond acceptors (Lipinski definition) is 2. The van der Waals surface area contributed by atoms with Crippen molar-refractivity contribution in [2.24, 2.45) is 0 Å². The molecule has 2 nitrogen and oxygen atoms in total. The second kappa shape index (κ2) is 4.57. The van der Waals surface area contributed by atoms with Crippen LogP contribution in [0.2, 0.25) is 0 Å². The summed E-state index contributed by atoms with van der Waals surface area (Å²) in [6.07, 6.45) is 0. The normalized spacial score (nSPS) is 10.7. The van der Waals surface area contributed by atoms with Crippen LogP contribution in [0.25, 0.3) is 22.1 Å². The molecule has 1 N–H and O–H groups in total. The molecule has 2 heteroatoms. The maximum Gasteiger partial charge on any atom is 0.202 e. The molecule has 1 heterocycles. The van der Waals surface area contributed by atoms with Crippen LogP contribution in [0.15, 0.2) is 59.0 Å². The van der Waals surface area contributed by atoms with Crippen LogP contribution in [0.1, 0.15) is 6.92 Å². The summed E-state index contributed by atoms with van der Waals surface area (Å²) in [5.74, 6) is 0.852. The van der Waals surface area contributed by atoms with Gasteiger partial charge in [0.05, 0.1) is 5.56 Å². The molecule has 1 aromatic heterocycles. The molecule has 0 bridgehead atoms. The smallest absolute Gasteiger partial charge is 0.202 e. The van der Waals surface area contributed by atoms with Crippen LogP contribution in [0, 0.1) is 0 Å². The summed E-state index contributed by atoms with van der Waals surface area (Å²) in [6.45, 7) is 2.92. The number of hydrogen-bond donors (Lipinski definition) is 1. The molecule has 0 saturated heterocycles. The molecular formula is C16H15NO. The van der Waals surface area contributed by atoms with Gasteiger partial charge in [0.1, 0.15) is 5.58 Å². The number of anilines is 1. The average molecular weight is 237 g/mol. The summed E-state index contributed by atoms with van der Waals surface area (Å²) < 4.78 is 5.88. The molecule has 3 rings (SSSR count). The third-order valence-corrected chi connectivity index (χ3v) is 3.00. The molecule has 0 radical (unpaired) electrons. The lowest BCUT2D eigenvalue weighted by Crippen LogP contribution is -1.96. The molecule has 18 heavy (non-hydrogen) atoms. The first-order valence-corrected chi connectivity index (χ1v) is 6.21. The Labute approximate surface area is 106 Å². The highest BCUT2D eigenvalue weighted by Gasteiger charge is 2.14. The van der Waals surface area contributed by atoms with Crippen molar-refractivity contribution in [2.75, 3.05) is 11.9 Å². The summed E-state index contributed by atoms with van der Waals surface area (Å²) in [6, 6.07) is 18.5. The van der Waals surface area contributed by atoms with Gasteiger partial charge in [0.2, 0.25) is 5.88 Å². The first-order valence-electron chi connectivity index (χ1n) is 6.21. The van der Waals surface area contributed by atoms with Gasteiger partial charge in [-0.15, -0.1) is 0 Å². The zero-order valence-corrected chi connectivity index (χ0v) is 10.3. The lowest BCUT2D eigenvalue weighted by atomic mass is 10.0. The van der Waals surface area contributed by atoms with E-state index in [1.807, 2.05) is 36.4 Å². The van der Waals surface area contributed by atoms with Crippen LogP contribution in [0.4, 0.5) is 5.88 Å². The highest BCUT2D eigenvalue weighted by Crippen LogP contribution is 2.38. The van der Waals surface area contributed by atoms with E-state index in [9.17, 15) is 0 Å². The maximum atomic E-state index is 5.88. The summed E-state index contributed by atoms with van der Waals surface area (Å²) in [5, 5.41) is 4.45. The number of benzene rings is 2. The molecule has 0 saturated carbocycles. The van der Waals surface area contributed by atoms with Gasteiger partial charge in [0, 0.05) is 11.9 Å². The van der Waals surface area contributed by atoms with Gasteiger partial charge in [0.25, 0.3) is 0 Å². The van der Waals surface area contributed by atoms with E-state index in [4.69, 9.17) is 4.42 Å². The monoisotopic (exact) mass is 237 g/mol. The lowest BCUT2D eigenvalue weighted by molar-refractivity contribution is 0.629. The second-order valence-corrected chi connectivity index (χ2v) is 4.20. The topological polar surface area (TPSA) is 25.2 Å². The number of furan rings is 1. The molecule has 0 spiro atoms. The van der Waals surface area contributed by atoms with Gasteiger partial charge in [-0.3, -0.25) is 0 Å². The van der Waals surface area contributed by atoms with Gasteiger partial charge < -0.3 is 9.73 Å². The molecule has 3 aromatic rings. The Balaban J connectivity index is 2.28. The van der Waals surface area contributed by atoms with E-state index < -0.39 is 0 Å². The highest BCUT2D eigenvalue weighted by atomic mass is 16.3. The molecule has 0 amide bonds. The van der Waals surface area contributed by atoms with E-state index in [1.54, 1.807) is 0 Å². The third-order valence-electron chi connectivity index (χ3n) is 3.00. The molecule has 2 aromatic carbocycles. The quantitative estimate of drug-likeness (QED) is 0.723. The van der Waals surface area contributed by atoms with Gasteiger partial charge in [0.15, 0.2) is 0 Å². The van der Waals surface area contributed by atoms with Crippen LogP contribution >= 0.6 is 0 Å². The second-order valence-electron chi connectivity index (χ2n) is 4.20. The molecule has 90 valence electrons. The minimum Gasteiger partial charge on any atom is -0.440 e. The zero-order valence-electron chi connectivity index (χ0n) is 10.3. The minimum absolute atomic E-state index is 0.847. The fourth-order valence-corrected chi connectivity index (χ4v) is 2.22. The predicted molar refractivity (Wildman–Crippen MR) is 75.8 cm³/mol. The molecule has 0 fully saturated rings. The van der Waals surface area contributed by atoms with Crippen molar-refractivity contribution in [1.82, 2.24) is 0 Å². The Hall–Kier alpha value is -2.22. The summed E-state index contributed by atoms with van der Waals surface area (Å²) in [4.78, 5) is 0. The average Bonchev–Trinajstić information content (AvgIpc) is 2.78. The number of fused-ring (bicyclic) bond motifs is 1. The van der Waals surface area contributed by atoms with Crippen molar-refractivity contribution in [2.45, 2.75) is 6.92 Å². The van der Waals surface area contributed by atoms with Gasteiger partial charge in [-0.2, -0.15) is 0 Å². The Morgan fingerprint density at radius 2 is 1.67 bits per heavy atom. The molecule has 0 aliphatic carbocycles. The molecule has 0 aliphatic rings. The van der Waals surface area contributed by atoms with Crippen LogP contribution in [0.3, 0.4) is 0 Å². The summed E-state index contributed by atoms with van der Waals surface area (Å²) >= 11 is 0. The first kappa shape index (κ1) is 10.9. The Kier molecular flexibility index (Phi) is 2.77. The number of para-hydroxylation sites is 1. The molecule has 0 atom stereocenters. The largest absolute Gasteiger partial charge is 0.440 e. The van der Waals surface area contributed by atoms with E-state index in [0.29, 0.717) is 0 Å². The van der Waals surface area contributed by atoms with Crippen molar-refractivity contribution in [3.05, 3.63) is 54.6 Å². The zero-order chi connectivity index (χ0) is 12.4. The van der Waals surface area contributed by atoms with Crippen LogP contribution in [-0.2, 0) is 0 Å². The fourth-order valence-electron chi connectivity index (χ4n) is 2.22. The van der Waals surface area contributed by atoms with E-state index in [2.05, 4.69) is 30.4 Å². The van der Waals surface area contributed by atoms with Crippen molar-refractivity contribution in [3.8, 4) is 11.1 Å². The summed E-state index contributed by atoms with van der Waals surface area (Å²) in [7, 11) is 0. The van der Waals surface area contributed by atoms with E-state index in [0.717, 1.165) is 29.0 Å². The van der Waals surface area contributed by atoms with E-state index in [1.165, 1.54) is 5.56 Å². The minimum atomic E-state index is 0.847. The highest BCUT2D eigenvalue weighted by molar-refractivity contribution is 6.00.